The van der Waals surface area contributed by atoms with Crippen LogP contribution in [-0.2, 0) is 21.2 Å². The highest BCUT2D eigenvalue weighted by Gasteiger charge is 2.32. The van der Waals surface area contributed by atoms with Crippen molar-refractivity contribution in [2.24, 2.45) is 5.92 Å². The van der Waals surface area contributed by atoms with Crippen molar-refractivity contribution < 1.29 is 32.6 Å². The molecule has 1 aliphatic heterocycles. The molecule has 0 aliphatic carbocycles. The summed E-state index contributed by atoms with van der Waals surface area (Å²) < 4.78 is 40.1. The fourth-order valence-electron chi connectivity index (χ4n) is 4.77. The molecular weight excluding hydrogens is 572 g/mol. The molecule has 3 aromatic rings. The molecule has 4 rings (SSSR count). The largest absolute Gasteiger partial charge is 0.497 e. The first kappa shape index (κ1) is 31.6. The number of anilines is 2. The van der Waals surface area contributed by atoms with Gasteiger partial charge in [0.05, 0.1) is 37.6 Å². The molecule has 1 aliphatic rings. The Hall–Kier alpha value is -4.29. The Bertz CT molecular complexity index is 1520. The van der Waals surface area contributed by atoms with Crippen molar-refractivity contribution >= 4 is 33.3 Å². The van der Waals surface area contributed by atoms with Gasteiger partial charge in [0.15, 0.2) is 0 Å². The molecule has 3 N–H and O–H groups in total. The van der Waals surface area contributed by atoms with Crippen LogP contribution in [0.3, 0.4) is 0 Å². The maximum absolute atomic E-state index is 13.5. The van der Waals surface area contributed by atoms with Crippen LogP contribution in [0.2, 0.25) is 0 Å². The van der Waals surface area contributed by atoms with Crippen molar-refractivity contribution in [3.63, 3.8) is 0 Å². The van der Waals surface area contributed by atoms with E-state index in [1.54, 1.807) is 86.6 Å². The molecule has 3 amide bonds. The number of likely N-dealkylation sites (N-methyl/N-ethyl adjacent to an activating group) is 1. The van der Waals surface area contributed by atoms with Gasteiger partial charge in [-0.15, -0.1) is 0 Å². The Morgan fingerprint density at radius 3 is 2.44 bits per heavy atom. The first-order valence-corrected chi connectivity index (χ1v) is 15.4. The molecule has 1 heterocycles. The van der Waals surface area contributed by atoms with Crippen LogP contribution in [0.25, 0.3) is 0 Å². The van der Waals surface area contributed by atoms with Crippen LogP contribution < -0.4 is 19.5 Å². The van der Waals surface area contributed by atoms with E-state index in [9.17, 15) is 23.1 Å². The fraction of sp³-hybridized carbons (Fsp3) is 0.355. The number of hydrogen-bond acceptors (Lipinski definition) is 7. The zero-order valence-corrected chi connectivity index (χ0v) is 25.5. The van der Waals surface area contributed by atoms with Crippen molar-refractivity contribution in [1.29, 1.82) is 0 Å². The third-order valence-electron chi connectivity index (χ3n) is 7.36. The van der Waals surface area contributed by atoms with Gasteiger partial charge in [0.25, 0.3) is 10.0 Å². The fourth-order valence-corrected chi connectivity index (χ4v) is 5.84. The summed E-state index contributed by atoms with van der Waals surface area (Å²) in [6, 6.07) is 19.0. The van der Waals surface area contributed by atoms with E-state index in [1.165, 1.54) is 17.0 Å². The number of sulfonamides is 1. The van der Waals surface area contributed by atoms with Gasteiger partial charge in [-0.25, -0.2) is 13.2 Å². The monoisotopic (exact) mass is 610 g/mol. The summed E-state index contributed by atoms with van der Waals surface area (Å²) in [4.78, 5) is 29.7. The van der Waals surface area contributed by atoms with Crippen LogP contribution >= 0.6 is 0 Å². The molecule has 0 saturated heterocycles. The molecule has 3 aromatic carbocycles. The van der Waals surface area contributed by atoms with Crippen LogP contribution in [-0.4, -0.2) is 81.3 Å². The van der Waals surface area contributed by atoms with Gasteiger partial charge in [0.1, 0.15) is 17.6 Å². The predicted octanol–water partition coefficient (Wildman–Crippen LogP) is 3.81. The standard InChI is InChI=1S/C31H38N4O7S/c1-21-18-35(22(2)20-36)30(37)17-23-16-25(33-43(39,40)27-8-6-5-7-9-27)12-15-28(23)42-29(21)19-34(3)31(38)32-24-10-13-26(41-4)14-11-24/h5-16,21-22,29,33,36H,17-20H2,1-4H3,(H,32,38)/t21-,22-,29+/m0/s1. The van der Waals surface area contributed by atoms with E-state index in [-0.39, 0.29) is 48.0 Å². The lowest BCUT2D eigenvalue weighted by Gasteiger charge is -2.34. The number of hydrogen-bond donors (Lipinski definition) is 3. The molecule has 0 fully saturated rings. The quantitative estimate of drug-likeness (QED) is 0.335. The van der Waals surface area contributed by atoms with Crippen molar-refractivity contribution in [2.75, 3.05) is 43.9 Å². The topological polar surface area (TPSA) is 138 Å². The Kier molecular flexibility index (Phi) is 10.1. The number of nitrogens with one attached hydrogen (secondary N) is 2. The zero-order valence-electron chi connectivity index (χ0n) is 24.7. The lowest BCUT2D eigenvalue weighted by Crippen LogP contribution is -2.48. The summed E-state index contributed by atoms with van der Waals surface area (Å²) in [7, 11) is -0.634. The molecule has 230 valence electrons. The Morgan fingerprint density at radius 1 is 1.12 bits per heavy atom. The number of fused-ring (bicyclic) bond motifs is 1. The van der Waals surface area contributed by atoms with Crippen molar-refractivity contribution in [2.45, 2.75) is 37.3 Å². The number of methoxy groups -OCH3 is 1. The second-order valence-electron chi connectivity index (χ2n) is 10.7. The van der Waals surface area contributed by atoms with Gasteiger partial charge in [0.2, 0.25) is 5.91 Å². The number of carbonyl (C=O) groups is 2. The van der Waals surface area contributed by atoms with Crippen LogP contribution in [0.1, 0.15) is 19.4 Å². The molecular formula is C31H38N4O7S. The normalized spacial score (nSPS) is 17.8. The Morgan fingerprint density at radius 2 is 1.79 bits per heavy atom. The van der Waals surface area contributed by atoms with E-state index in [4.69, 9.17) is 9.47 Å². The third-order valence-corrected chi connectivity index (χ3v) is 8.76. The first-order valence-electron chi connectivity index (χ1n) is 13.9. The maximum Gasteiger partial charge on any atom is 0.321 e. The van der Waals surface area contributed by atoms with Gasteiger partial charge >= 0.3 is 6.03 Å². The van der Waals surface area contributed by atoms with E-state index >= 15 is 0 Å². The number of urea groups is 1. The van der Waals surface area contributed by atoms with Gasteiger partial charge < -0.3 is 29.7 Å². The average molecular weight is 611 g/mol. The first-order chi connectivity index (χ1) is 20.5. The SMILES string of the molecule is COc1ccc(NC(=O)N(C)C[C@H]2Oc3ccc(NS(=O)(=O)c4ccccc4)cc3CC(=O)N([C@@H](C)CO)C[C@@H]2C)cc1. The number of rotatable bonds is 9. The molecule has 11 nitrogen and oxygen atoms in total. The number of ether oxygens (including phenoxy) is 2. The van der Waals surface area contributed by atoms with Gasteiger partial charge in [-0.3, -0.25) is 9.52 Å². The lowest BCUT2D eigenvalue weighted by molar-refractivity contribution is -0.134. The van der Waals surface area contributed by atoms with E-state index in [0.29, 0.717) is 29.3 Å². The minimum Gasteiger partial charge on any atom is -0.497 e. The third kappa shape index (κ3) is 7.96. The summed E-state index contributed by atoms with van der Waals surface area (Å²) in [5.74, 6) is 0.629. The molecule has 3 atom stereocenters. The summed E-state index contributed by atoms with van der Waals surface area (Å²) >= 11 is 0. The second kappa shape index (κ2) is 13.8. The molecule has 0 spiro atoms. The number of amides is 3. The number of aliphatic hydroxyl groups excluding tert-OH is 1. The van der Waals surface area contributed by atoms with Crippen LogP contribution in [0.15, 0.2) is 77.7 Å². The van der Waals surface area contributed by atoms with E-state index in [2.05, 4.69) is 10.0 Å². The molecule has 12 heteroatoms. The van der Waals surface area contributed by atoms with Gasteiger partial charge in [-0.2, -0.15) is 0 Å². The zero-order chi connectivity index (χ0) is 31.1. The molecule has 43 heavy (non-hydrogen) atoms. The van der Waals surface area contributed by atoms with Crippen molar-refractivity contribution in [3.05, 3.63) is 78.4 Å². The molecule has 0 unspecified atom stereocenters. The van der Waals surface area contributed by atoms with Crippen LogP contribution in [0.5, 0.6) is 11.5 Å². The number of carbonyl (C=O) groups excluding carboxylic acids is 2. The second-order valence-corrected chi connectivity index (χ2v) is 12.4. The molecule has 0 radical (unpaired) electrons. The molecule has 0 bridgehead atoms. The highest BCUT2D eigenvalue weighted by Crippen LogP contribution is 2.30. The molecule has 0 aromatic heterocycles. The van der Waals surface area contributed by atoms with Gasteiger partial charge in [-0.1, -0.05) is 25.1 Å². The van der Waals surface area contributed by atoms with Crippen molar-refractivity contribution in [1.82, 2.24) is 9.80 Å². The summed E-state index contributed by atoms with van der Waals surface area (Å²) in [5.41, 5.74) is 1.36. The van der Waals surface area contributed by atoms with E-state index in [0.717, 1.165) is 0 Å². The average Bonchev–Trinajstić information content (AvgIpc) is 3.04. The van der Waals surface area contributed by atoms with Crippen molar-refractivity contribution in [3.8, 4) is 11.5 Å². The Labute approximate surface area is 252 Å². The number of aliphatic hydroxyl groups is 1. The number of benzene rings is 3. The summed E-state index contributed by atoms with van der Waals surface area (Å²) in [6.07, 6.45) is -0.593. The minimum absolute atomic E-state index is 0.0617. The number of nitrogens with zero attached hydrogens (tertiary/aromatic N) is 2. The molecule has 0 saturated carbocycles. The highest BCUT2D eigenvalue weighted by molar-refractivity contribution is 7.92. The summed E-state index contributed by atoms with van der Waals surface area (Å²) in [5, 5.41) is 12.7. The van der Waals surface area contributed by atoms with E-state index in [1.807, 2.05) is 6.92 Å². The van der Waals surface area contributed by atoms with Gasteiger partial charge in [-0.05, 0) is 61.5 Å². The predicted molar refractivity (Wildman–Crippen MR) is 164 cm³/mol. The minimum atomic E-state index is -3.86. The van der Waals surface area contributed by atoms with Crippen LogP contribution in [0, 0.1) is 5.92 Å². The highest BCUT2D eigenvalue weighted by atomic mass is 32.2. The maximum atomic E-state index is 13.5. The van der Waals surface area contributed by atoms with Crippen LogP contribution in [0.4, 0.5) is 16.2 Å². The summed E-state index contributed by atoms with van der Waals surface area (Å²) in [6.45, 7) is 3.95. The lowest BCUT2D eigenvalue weighted by atomic mass is 10.0. The van der Waals surface area contributed by atoms with Gasteiger partial charge in [0, 0.05) is 36.4 Å². The van der Waals surface area contributed by atoms with E-state index < -0.39 is 22.2 Å². The smallest absolute Gasteiger partial charge is 0.321 e. The Balaban J connectivity index is 1.59.